The van der Waals surface area contributed by atoms with E-state index in [4.69, 9.17) is 4.55 Å². The number of ether oxygens (including phenoxy) is 1. The van der Waals surface area contributed by atoms with Crippen LogP contribution in [0.3, 0.4) is 0 Å². The van der Waals surface area contributed by atoms with E-state index in [1.165, 1.54) is 0 Å². The minimum Gasteiger partial charge on any atom is -0.281 e. The van der Waals surface area contributed by atoms with Crippen molar-refractivity contribution in [2.24, 2.45) is 5.41 Å². The van der Waals surface area contributed by atoms with Gasteiger partial charge in [-0.2, -0.15) is 43.5 Å². The summed E-state index contributed by atoms with van der Waals surface area (Å²) in [5.74, 6) is -20.2. The summed E-state index contributed by atoms with van der Waals surface area (Å²) in [6.45, 7) is 1.81. The van der Waals surface area contributed by atoms with Crippen molar-refractivity contribution >= 4 is 10.1 Å². The number of hydrogen-bond donors (Lipinski definition) is 1. The smallest absolute Gasteiger partial charge is 0.281 e. The summed E-state index contributed by atoms with van der Waals surface area (Å²) in [4.78, 5) is 0. The summed E-state index contributed by atoms with van der Waals surface area (Å²) in [6.07, 6.45) is -12.5. The van der Waals surface area contributed by atoms with E-state index in [-0.39, 0.29) is 0 Å². The van der Waals surface area contributed by atoms with Crippen molar-refractivity contribution in [1.29, 1.82) is 0 Å². The lowest BCUT2D eigenvalue weighted by atomic mass is 9.81. The zero-order valence-electron chi connectivity index (χ0n) is 13.5. The molecule has 0 radical (unpaired) electrons. The second kappa shape index (κ2) is 6.86. The fraction of sp³-hybridized carbons (Fsp3) is 1.00. The Kier molecular flexibility index (Phi) is 6.63. The van der Waals surface area contributed by atoms with E-state index >= 15 is 0 Å². The fourth-order valence-corrected chi connectivity index (χ4v) is 1.95. The van der Waals surface area contributed by atoms with Gasteiger partial charge in [0.05, 0.1) is 0 Å². The molecule has 16 heteroatoms. The van der Waals surface area contributed by atoms with Gasteiger partial charge in [0.15, 0.2) is 0 Å². The van der Waals surface area contributed by atoms with Gasteiger partial charge in [0, 0.05) is 5.41 Å². The summed E-state index contributed by atoms with van der Waals surface area (Å²) in [5, 5.41) is -7.21. The largest absolute Gasteiger partial charge is 0.438 e. The molecule has 0 aromatic heterocycles. The van der Waals surface area contributed by atoms with Crippen LogP contribution in [0.15, 0.2) is 0 Å². The van der Waals surface area contributed by atoms with Crippen molar-refractivity contribution in [3.05, 3.63) is 0 Å². The molecular formula is C11H13F11O4S. The van der Waals surface area contributed by atoms with Gasteiger partial charge in [-0.1, -0.05) is 20.8 Å². The highest BCUT2D eigenvalue weighted by Gasteiger charge is 2.86. The summed E-state index contributed by atoms with van der Waals surface area (Å²) in [7, 11) is -7.39. The maximum absolute atomic E-state index is 14.3. The van der Waals surface area contributed by atoms with E-state index in [1.54, 1.807) is 0 Å². The van der Waals surface area contributed by atoms with Gasteiger partial charge in [0.2, 0.25) is 0 Å². The third kappa shape index (κ3) is 3.83. The molecule has 0 amide bonds. The zero-order chi connectivity index (χ0) is 22.5. The SMILES string of the molecule is CCC(C)(C)C(F)(OC(F)(F)C(F)(F)C(F)(F)C(F)(F)S(=O)(=O)O)C(F)F. The van der Waals surface area contributed by atoms with Crippen LogP contribution >= 0.6 is 0 Å². The maximum Gasteiger partial charge on any atom is 0.438 e. The molecule has 1 unspecified atom stereocenters. The van der Waals surface area contributed by atoms with Gasteiger partial charge >= 0.3 is 33.3 Å². The standard InChI is InChI=1S/C11H13F11O4S/c1-4-6(2,3)7(14,5(12)13)26-10(19,20)8(15,16)9(17,18)11(21,22)27(23,24)25/h5H,4H2,1-3H3,(H,23,24,25). The van der Waals surface area contributed by atoms with Gasteiger partial charge in [-0.3, -0.25) is 9.29 Å². The topological polar surface area (TPSA) is 63.6 Å². The zero-order valence-corrected chi connectivity index (χ0v) is 14.3. The van der Waals surface area contributed by atoms with Gasteiger partial charge in [-0.25, -0.2) is 13.2 Å². The molecule has 4 nitrogen and oxygen atoms in total. The first-order chi connectivity index (χ1) is 11.5. The Hall–Kier alpha value is -0.900. The molecule has 1 N–H and O–H groups in total. The molecular weight excluding hydrogens is 437 g/mol. The molecule has 0 spiro atoms. The minimum atomic E-state index is -7.60. The van der Waals surface area contributed by atoms with Crippen LogP contribution in [0.1, 0.15) is 27.2 Å². The molecule has 0 aliphatic carbocycles. The van der Waals surface area contributed by atoms with Crippen LogP contribution in [0.5, 0.6) is 0 Å². The number of alkyl halides is 11. The van der Waals surface area contributed by atoms with E-state index < -0.39 is 57.4 Å². The van der Waals surface area contributed by atoms with E-state index in [2.05, 4.69) is 4.74 Å². The first-order valence-electron chi connectivity index (χ1n) is 6.61. The predicted molar refractivity (Wildman–Crippen MR) is 66.3 cm³/mol. The van der Waals surface area contributed by atoms with E-state index in [9.17, 15) is 56.7 Å². The van der Waals surface area contributed by atoms with Crippen LogP contribution < -0.4 is 0 Å². The van der Waals surface area contributed by atoms with Crippen molar-refractivity contribution in [3.8, 4) is 0 Å². The average Bonchev–Trinajstić information content (AvgIpc) is 2.44. The van der Waals surface area contributed by atoms with Crippen LogP contribution in [0, 0.1) is 5.41 Å². The molecule has 0 aliphatic rings. The molecule has 0 aromatic carbocycles. The van der Waals surface area contributed by atoms with Crippen LogP contribution in [-0.2, 0) is 14.9 Å². The molecule has 0 saturated carbocycles. The summed E-state index contributed by atoms with van der Waals surface area (Å²) in [5.41, 5.74) is -2.72. The maximum atomic E-state index is 14.3. The average molecular weight is 450 g/mol. The molecule has 0 fully saturated rings. The fourth-order valence-electron chi connectivity index (χ4n) is 1.50. The van der Waals surface area contributed by atoms with E-state index in [0.717, 1.165) is 6.92 Å². The van der Waals surface area contributed by atoms with Crippen LogP contribution in [0.4, 0.5) is 48.3 Å². The molecule has 0 bridgehead atoms. The first-order valence-corrected chi connectivity index (χ1v) is 8.05. The van der Waals surface area contributed by atoms with Gasteiger partial charge in [-0.15, -0.1) is 0 Å². The van der Waals surface area contributed by atoms with Crippen molar-refractivity contribution < 1.29 is 66.0 Å². The summed E-state index contributed by atoms with van der Waals surface area (Å²) < 4.78 is 177. The van der Waals surface area contributed by atoms with Crippen molar-refractivity contribution in [2.75, 3.05) is 0 Å². The highest BCUT2D eigenvalue weighted by Crippen LogP contribution is 2.57. The lowest BCUT2D eigenvalue weighted by molar-refractivity contribution is -0.471. The number of halogens is 11. The van der Waals surface area contributed by atoms with Gasteiger partial charge in [-0.05, 0) is 6.42 Å². The highest BCUT2D eigenvalue weighted by molar-refractivity contribution is 7.87. The molecule has 0 aromatic rings. The van der Waals surface area contributed by atoms with Crippen molar-refractivity contribution in [3.63, 3.8) is 0 Å². The lowest BCUT2D eigenvalue weighted by Crippen LogP contribution is -2.67. The Morgan fingerprint density at radius 1 is 0.889 bits per heavy atom. The molecule has 0 rings (SSSR count). The quantitative estimate of drug-likeness (QED) is 0.408. The first kappa shape index (κ1) is 26.1. The lowest BCUT2D eigenvalue weighted by Gasteiger charge is -2.43. The van der Waals surface area contributed by atoms with Crippen LogP contribution in [0.2, 0.25) is 0 Å². The molecule has 0 heterocycles. The third-order valence-electron chi connectivity index (χ3n) is 3.81. The Labute approximate surface area is 145 Å². The van der Waals surface area contributed by atoms with Crippen LogP contribution in [-0.4, -0.2) is 48.5 Å². The Balaban J connectivity index is 6.42. The van der Waals surface area contributed by atoms with Gasteiger partial charge in [0.1, 0.15) is 0 Å². The molecule has 0 aliphatic heterocycles. The Morgan fingerprint density at radius 3 is 1.52 bits per heavy atom. The molecule has 0 saturated heterocycles. The van der Waals surface area contributed by atoms with Crippen molar-refractivity contribution in [2.45, 2.75) is 62.7 Å². The predicted octanol–water partition coefficient (Wildman–Crippen LogP) is 4.71. The summed E-state index contributed by atoms with van der Waals surface area (Å²) >= 11 is 0. The second-order valence-corrected chi connectivity index (χ2v) is 7.41. The number of hydrogen-bond acceptors (Lipinski definition) is 3. The Morgan fingerprint density at radius 2 is 1.26 bits per heavy atom. The Bertz CT molecular complexity index is 647. The van der Waals surface area contributed by atoms with E-state index in [0.29, 0.717) is 13.8 Å². The van der Waals surface area contributed by atoms with Crippen LogP contribution in [0.25, 0.3) is 0 Å². The van der Waals surface area contributed by atoms with Gasteiger partial charge < -0.3 is 0 Å². The van der Waals surface area contributed by atoms with Crippen molar-refractivity contribution in [1.82, 2.24) is 0 Å². The summed E-state index contributed by atoms with van der Waals surface area (Å²) in [6, 6.07) is 0. The van der Waals surface area contributed by atoms with Gasteiger partial charge in [0.25, 0.3) is 12.3 Å². The minimum absolute atomic E-state index is 0.457. The third-order valence-corrected chi connectivity index (χ3v) is 4.72. The second-order valence-electron chi connectivity index (χ2n) is 5.94. The molecule has 164 valence electrons. The van der Waals surface area contributed by atoms with E-state index in [1.807, 2.05) is 0 Å². The number of rotatable bonds is 9. The molecule has 27 heavy (non-hydrogen) atoms. The monoisotopic (exact) mass is 450 g/mol. The molecule has 1 atom stereocenters. The highest BCUT2D eigenvalue weighted by atomic mass is 32.2. The normalized spacial score (nSPS) is 17.9.